The highest BCUT2D eigenvalue weighted by Crippen LogP contribution is 2.19. The SMILES string of the molecule is CCN(Cc1ccc(OC)c(F)c1)C(=O)CN(C)CC(=O)Nc1cccc(OC)c1. The second-order valence-electron chi connectivity index (χ2n) is 6.83. The van der Waals surface area contributed by atoms with Crippen LogP contribution in [-0.4, -0.2) is 62.5 Å². The maximum atomic E-state index is 13.9. The van der Waals surface area contributed by atoms with Gasteiger partial charge in [-0.1, -0.05) is 12.1 Å². The molecule has 0 fully saturated rings. The molecule has 2 aromatic rings. The second-order valence-corrected chi connectivity index (χ2v) is 6.83. The Morgan fingerprint density at radius 1 is 1.07 bits per heavy atom. The van der Waals surface area contributed by atoms with Crippen molar-refractivity contribution in [3.8, 4) is 11.5 Å². The minimum atomic E-state index is -0.468. The molecule has 7 nitrogen and oxygen atoms in total. The van der Waals surface area contributed by atoms with Gasteiger partial charge in [0, 0.05) is 24.8 Å². The Kier molecular flexibility index (Phi) is 8.61. The summed E-state index contributed by atoms with van der Waals surface area (Å²) >= 11 is 0. The third kappa shape index (κ3) is 6.73. The number of halogens is 1. The average molecular weight is 417 g/mol. The molecule has 8 heteroatoms. The number of methoxy groups -OCH3 is 2. The van der Waals surface area contributed by atoms with Crippen molar-refractivity contribution in [1.82, 2.24) is 9.80 Å². The fourth-order valence-corrected chi connectivity index (χ4v) is 2.94. The first-order valence-corrected chi connectivity index (χ1v) is 9.58. The van der Waals surface area contributed by atoms with Crippen LogP contribution in [0.4, 0.5) is 10.1 Å². The minimum absolute atomic E-state index is 0.0532. The van der Waals surface area contributed by atoms with Crippen molar-refractivity contribution in [1.29, 1.82) is 0 Å². The molecule has 0 radical (unpaired) electrons. The van der Waals surface area contributed by atoms with Gasteiger partial charge in [0.05, 0.1) is 27.3 Å². The summed E-state index contributed by atoms with van der Waals surface area (Å²) in [5.74, 6) is -0.0473. The molecule has 1 N–H and O–H groups in total. The van der Waals surface area contributed by atoms with Crippen LogP contribution in [-0.2, 0) is 16.1 Å². The van der Waals surface area contributed by atoms with Gasteiger partial charge in [-0.3, -0.25) is 14.5 Å². The number of hydrogen-bond acceptors (Lipinski definition) is 5. The molecule has 0 heterocycles. The Hall–Kier alpha value is -3.13. The minimum Gasteiger partial charge on any atom is -0.497 e. The Morgan fingerprint density at radius 3 is 2.47 bits per heavy atom. The molecule has 2 aromatic carbocycles. The highest BCUT2D eigenvalue weighted by molar-refractivity contribution is 5.92. The van der Waals surface area contributed by atoms with Gasteiger partial charge in [-0.15, -0.1) is 0 Å². The summed E-state index contributed by atoms with van der Waals surface area (Å²) in [5, 5.41) is 2.78. The number of likely N-dealkylation sites (N-methyl/N-ethyl adjacent to an activating group) is 2. The molecule has 0 saturated heterocycles. The quantitative estimate of drug-likeness (QED) is 0.644. The molecule has 2 rings (SSSR count). The van der Waals surface area contributed by atoms with Crippen LogP contribution in [0.1, 0.15) is 12.5 Å². The molecular weight excluding hydrogens is 389 g/mol. The first kappa shape index (κ1) is 23.2. The molecule has 0 aliphatic carbocycles. The first-order chi connectivity index (χ1) is 14.4. The van der Waals surface area contributed by atoms with Crippen molar-refractivity contribution < 1.29 is 23.5 Å². The van der Waals surface area contributed by atoms with Crippen LogP contribution >= 0.6 is 0 Å². The summed E-state index contributed by atoms with van der Waals surface area (Å²) in [6.45, 7) is 2.72. The third-order valence-electron chi connectivity index (χ3n) is 4.50. The smallest absolute Gasteiger partial charge is 0.238 e. The Labute approximate surface area is 176 Å². The molecule has 0 aromatic heterocycles. The van der Waals surface area contributed by atoms with E-state index in [1.165, 1.54) is 19.2 Å². The predicted octanol–water partition coefficient (Wildman–Crippen LogP) is 2.76. The van der Waals surface area contributed by atoms with Crippen molar-refractivity contribution in [2.45, 2.75) is 13.5 Å². The monoisotopic (exact) mass is 417 g/mol. The van der Waals surface area contributed by atoms with E-state index >= 15 is 0 Å². The standard InChI is InChI=1S/C22H28FN3O4/c1-5-26(13-16-9-10-20(30-4)19(23)11-16)22(28)15-25(2)14-21(27)24-17-7-6-8-18(12-17)29-3/h6-12H,5,13-15H2,1-4H3,(H,24,27). The molecule has 0 aliphatic rings. The number of rotatable bonds is 10. The molecule has 30 heavy (non-hydrogen) atoms. The van der Waals surface area contributed by atoms with Crippen molar-refractivity contribution in [2.24, 2.45) is 0 Å². The molecule has 0 aliphatic heterocycles. The van der Waals surface area contributed by atoms with Crippen LogP contribution in [0.15, 0.2) is 42.5 Å². The molecule has 162 valence electrons. The third-order valence-corrected chi connectivity index (χ3v) is 4.50. The summed E-state index contributed by atoms with van der Waals surface area (Å²) in [5.41, 5.74) is 1.29. The van der Waals surface area contributed by atoms with Crippen molar-refractivity contribution >= 4 is 17.5 Å². The zero-order valence-corrected chi connectivity index (χ0v) is 17.8. The van der Waals surface area contributed by atoms with E-state index in [4.69, 9.17) is 9.47 Å². The van der Waals surface area contributed by atoms with Crippen LogP contribution in [0.25, 0.3) is 0 Å². The Morgan fingerprint density at radius 2 is 1.83 bits per heavy atom. The van der Waals surface area contributed by atoms with Gasteiger partial charge >= 0.3 is 0 Å². The number of ether oxygens (including phenoxy) is 2. The van der Waals surface area contributed by atoms with Crippen molar-refractivity contribution in [3.05, 3.63) is 53.8 Å². The summed E-state index contributed by atoms with van der Waals surface area (Å²) in [6.07, 6.45) is 0. The first-order valence-electron chi connectivity index (χ1n) is 9.58. The Balaban J connectivity index is 1.89. The molecule has 0 spiro atoms. The van der Waals surface area contributed by atoms with Crippen molar-refractivity contribution in [3.63, 3.8) is 0 Å². The van der Waals surface area contributed by atoms with E-state index in [1.54, 1.807) is 54.3 Å². The lowest BCUT2D eigenvalue weighted by molar-refractivity contribution is -0.132. The maximum Gasteiger partial charge on any atom is 0.238 e. The molecule has 0 bridgehead atoms. The van der Waals surface area contributed by atoms with Crippen LogP contribution in [0.2, 0.25) is 0 Å². The highest BCUT2D eigenvalue weighted by atomic mass is 19.1. The molecule has 0 atom stereocenters. The summed E-state index contributed by atoms with van der Waals surface area (Å²) in [7, 11) is 4.66. The number of hydrogen-bond donors (Lipinski definition) is 1. The largest absolute Gasteiger partial charge is 0.497 e. The number of carbonyl (C=O) groups excluding carboxylic acids is 2. The molecule has 0 unspecified atom stereocenters. The lowest BCUT2D eigenvalue weighted by atomic mass is 10.2. The summed E-state index contributed by atoms with van der Waals surface area (Å²) in [4.78, 5) is 28.1. The van der Waals surface area contributed by atoms with E-state index in [0.717, 1.165) is 0 Å². The molecular formula is C22H28FN3O4. The van der Waals surface area contributed by atoms with Crippen LogP contribution in [0.5, 0.6) is 11.5 Å². The average Bonchev–Trinajstić information content (AvgIpc) is 2.71. The number of amides is 2. The fraction of sp³-hybridized carbons (Fsp3) is 0.364. The number of carbonyl (C=O) groups is 2. The zero-order chi connectivity index (χ0) is 22.1. The molecule has 0 saturated carbocycles. The molecule has 2 amide bonds. The van der Waals surface area contributed by atoms with E-state index in [9.17, 15) is 14.0 Å². The van der Waals surface area contributed by atoms with Gasteiger partial charge in [0.15, 0.2) is 11.6 Å². The summed E-state index contributed by atoms with van der Waals surface area (Å²) in [6, 6.07) is 11.7. The fourth-order valence-electron chi connectivity index (χ4n) is 2.94. The Bertz CT molecular complexity index is 875. The normalized spacial score (nSPS) is 10.6. The van der Waals surface area contributed by atoms with Crippen molar-refractivity contribution in [2.75, 3.05) is 46.2 Å². The predicted molar refractivity (Wildman–Crippen MR) is 113 cm³/mol. The van der Waals surface area contributed by atoms with E-state index in [1.807, 2.05) is 6.92 Å². The van der Waals surface area contributed by atoms with Gasteiger partial charge in [0.25, 0.3) is 0 Å². The van der Waals surface area contributed by atoms with Crippen LogP contribution in [0.3, 0.4) is 0 Å². The zero-order valence-electron chi connectivity index (χ0n) is 17.8. The van der Waals surface area contributed by atoms with E-state index in [2.05, 4.69) is 5.32 Å². The maximum absolute atomic E-state index is 13.9. The van der Waals surface area contributed by atoms with E-state index < -0.39 is 5.82 Å². The van der Waals surface area contributed by atoms with Gasteiger partial charge in [-0.25, -0.2) is 4.39 Å². The van der Waals surface area contributed by atoms with Gasteiger partial charge in [0.2, 0.25) is 11.8 Å². The summed E-state index contributed by atoms with van der Waals surface area (Å²) < 4.78 is 23.9. The number of anilines is 1. The second kappa shape index (κ2) is 11.2. The number of nitrogens with zero attached hydrogens (tertiary/aromatic N) is 2. The topological polar surface area (TPSA) is 71.1 Å². The number of benzene rings is 2. The van der Waals surface area contributed by atoms with Gasteiger partial charge in [0.1, 0.15) is 5.75 Å². The number of nitrogens with one attached hydrogen (secondary N) is 1. The van der Waals surface area contributed by atoms with Gasteiger partial charge in [-0.2, -0.15) is 0 Å². The van der Waals surface area contributed by atoms with Crippen LogP contribution < -0.4 is 14.8 Å². The van der Waals surface area contributed by atoms with Gasteiger partial charge in [-0.05, 0) is 43.8 Å². The lowest BCUT2D eigenvalue weighted by Crippen LogP contribution is -2.41. The van der Waals surface area contributed by atoms with Crippen LogP contribution in [0, 0.1) is 5.82 Å². The lowest BCUT2D eigenvalue weighted by Gasteiger charge is -2.24. The van der Waals surface area contributed by atoms with Gasteiger partial charge < -0.3 is 19.7 Å². The van der Waals surface area contributed by atoms with E-state index in [-0.39, 0.29) is 37.2 Å². The highest BCUT2D eigenvalue weighted by Gasteiger charge is 2.17. The van der Waals surface area contributed by atoms with E-state index in [0.29, 0.717) is 23.5 Å².